The highest BCUT2D eigenvalue weighted by Crippen LogP contribution is 2.10. The Labute approximate surface area is 111 Å². The summed E-state index contributed by atoms with van der Waals surface area (Å²) in [5, 5.41) is 0. The van der Waals surface area contributed by atoms with Crippen molar-refractivity contribution >= 4 is 5.78 Å². The number of benzene rings is 1. The van der Waals surface area contributed by atoms with Crippen LogP contribution in [0.25, 0.3) is 0 Å². The molecule has 2 heteroatoms. The van der Waals surface area contributed by atoms with Crippen LogP contribution in [0.15, 0.2) is 24.3 Å². The normalized spacial score (nSPS) is 10.9. The van der Waals surface area contributed by atoms with Crippen molar-refractivity contribution < 1.29 is 4.79 Å². The monoisotopic (exact) mass is 247 g/mol. The van der Waals surface area contributed by atoms with Crippen molar-refractivity contribution in [3.63, 3.8) is 0 Å². The zero-order chi connectivity index (χ0) is 13.4. The molecular formula is C16H25NO. The third kappa shape index (κ3) is 4.61. The summed E-state index contributed by atoms with van der Waals surface area (Å²) in [6, 6.07) is 7.85. The van der Waals surface area contributed by atoms with Crippen LogP contribution in [0.4, 0.5) is 0 Å². The van der Waals surface area contributed by atoms with Crippen molar-refractivity contribution in [2.45, 2.75) is 40.0 Å². The Kier molecular flexibility index (Phi) is 6.66. The van der Waals surface area contributed by atoms with Crippen LogP contribution < -0.4 is 0 Å². The van der Waals surface area contributed by atoms with Gasteiger partial charge in [0.15, 0.2) is 5.78 Å². The van der Waals surface area contributed by atoms with Crippen LogP contribution in [0, 0.1) is 6.92 Å². The van der Waals surface area contributed by atoms with Gasteiger partial charge in [-0.05, 0) is 32.0 Å². The Morgan fingerprint density at radius 2 is 1.89 bits per heavy atom. The molecule has 1 aromatic rings. The molecular weight excluding hydrogens is 222 g/mol. The van der Waals surface area contributed by atoms with Gasteiger partial charge in [-0.1, -0.05) is 44.5 Å². The molecule has 18 heavy (non-hydrogen) atoms. The first-order chi connectivity index (χ1) is 8.69. The third-order valence-corrected chi connectivity index (χ3v) is 3.38. The lowest BCUT2D eigenvalue weighted by Crippen LogP contribution is -2.27. The van der Waals surface area contributed by atoms with Crippen LogP contribution in [-0.4, -0.2) is 30.3 Å². The minimum atomic E-state index is 0.267. The second-order valence-corrected chi connectivity index (χ2v) is 4.78. The molecule has 0 aliphatic rings. The molecule has 0 saturated heterocycles. The molecule has 100 valence electrons. The van der Waals surface area contributed by atoms with Crippen LogP contribution in [0.1, 0.15) is 49.0 Å². The fraction of sp³-hybridized carbons (Fsp3) is 0.562. The Morgan fingerprint density at radius 1 is 1.17 bits per heavy atom. The first kappa shape index (κ1) is 14.9. The molecule has 0 fully saturated rings. The van der Waals surface area contributed by atoms with Crippen LogP contribution >= 0.6 is 0 Å². The van der Waals surface area contributed by atoms with Gasteiger partial charge in [0.05, 0.1) is 0 Å². The maximum absolute atomic E-state index is 12.1. The number of ketones is 1. The first-order valence-electron chi connectivity index (χ1n) is 7.00. The van der Waals surface area contributed by atoms with Gasteiger partial charge in [-0.25, -0.2) is 0 Å². The minimum absolute atomic E-state index is 0.267. The summed E-state index contributed by atoms with van der Waals surface area (Å²) in [5.74, 6) is 0.267. The Hall–Kier alpha value is -1.15. The van der Waals surface area contributed by atoms with E-state index in [0.29, 0.717) is 6.42 Å². The standard InChI is InChI=1S/C16H25NO/c1-4-6-12-17(5-2)13-11-16(18)15-10-8-7-9-14(15)3/h7-10H,4-6,11-13H2,1-3H3. The molecule has 1 aromatic carbocycles. The molecule has 0 spiro atoms. The molecule has 2 nitrogen and oxygen atoms in total. The fourth-order valence-corrected chi connectivity index (χ4v) is 2.09. The molecule has 0 aromatic heterocycles. The quantitative estimate of drug-likeness (QED) is 0.653. The van der Waals surface area contributed by atoms with Gasteiger partial charge in [-0.15, -0.1) is 0 Å². The van der Waals surface area contributed by atoms with Crippen molar-refractivity contribution in [3.05, 3.63) is 35.4 Å². The van der Waals surface area contributed by atoms with Crippen molar-refractivity contribution in [2.75, 3.05) is 19.6 Å². The summed E-state index contributed by atoms with van der Waals surface area (Å²) in [6.45, 7) is 9.38. The SMILES string of the molecule is CCCCN(CC)CCC(=O)c1ccccc1C. The highest BCUT2D eigenvalue weighted by atomic mass is 16.1. The number of carbonyl (C=O) groups excluding carboxylic acids is 1. The predicted octanol–water partition coefficient (Wildman–Crippen LogP) is 3.69. The minimum Gasteiger partial charge on any atom is -0.303 e. The highest BCUT2D eigenvalue weighted by Gasteiger charge is 2.10. The van der Waals surface area contributed by atoms with Gasteiger partial charge >= 0.3 is 0 Å². The third-order valence-electron chi connectivity index (χ3n) is 3.38. The number of nitrogens with zero attached hydrogens (tertiary/aromatic N) is 1. The summed E-state index contributed by atoms with van der Waals surface area (Å²) < 4.78 is 0. The summed E-state index contributed by atoms with van der Waals surface area (Å²) in [6.07, 6.45) is 3.05. The Morgan fingerprint density at radius 3 is 2.50 bits per heavy atom. The van der Waals surface area contributed by atoms with Crippen LogP contribution in [0.2, 0.25) is 0 Å². The van der Waals surface area contributed by atoms with Crippen LogP contribution in [0.5, 0.6) is 0 Å². The van der Waals surface area contributed by atoms with Gasteiger partial charge in [-0.2, -0.15) is 0 Å². The number of hydrogen-bond donors (Lipinski definition) is 0. The first-order valence-corrected chi connectivity index (χ1v) is 7.00. The van der Waals surface area contributed by atoms with Gasteiger partial charge in [-0.3, -0.25) is 4.79 Å². The summed E-state index contributed by atoms with van der Waals surface area (Å²) in [4.78, 5) is 14.5. The van der Waals surface area contributed by atoms with E-state index in [2.05, 4.69) is 18.7 Å². The van der Waals surface area contributed by atoms with E-state index in [0.717, 1.165) is 30.8 Å². The fourth-order valence-electron chi connectivity index (χ4n) is 2.09. The molecule has 0 aliphatic carbocycles. The van der Waals surface area contributed by atoms with Crippen molar-refractivity contribution in [3.8, 4) is 0 Å². The number of unbranched alkanes of at least 4 members (excludes halogenated alkanes) is 1. The topological polar surface area (TPSA) is 20.3 Å². The lowest BCUT2D eigenvalue weighted by molar-refractivity contribution is 0.0964. The van der Waals surface area contributed by atoms with Crippen molar-refractivity contribution in [1.82, 2.24) is 4.90 Å². The van der Waals surface area contributed by atoms with E-state index in [-0.39, 0.29) is 5.78 Å². The second-order valence-electron chi connectivity index (χ2n) is 4.78. The van der Waals surface area contributed by atoms with E-state index in [1.54, 1.807) is 0 Å². The summed E-state index contributed by atoms with van der Waals surface area (Å²) >= 11 is 0. The average Bonchev–Trinajstić information content (AvgIpc) is 2.39. The van der Waals surface area contributed by atoms with Crippen molar-refractivity contribution in [1.29, 1.82) is 0 Å². The Bertz CT molecular complexity index is 373. The molecule has 0 N–H and O–H groups in total. The largest absolute Gasteiger partial charge is 0.303 e. The molecule has 0 atom stereocenters. The van der Waals surface area contributed by atoms with Gasteiger partial charge in [0.1, 0.15) is 0 Å². The number of aryl methyl sites for hydroxylation is 1. The molecule has 0 bridgehead atoms. The lowest BCUT2D eigenvalue weighted by atomic mass is 10.0. The van der Waals surface area contributed by atoms with Crippen LogP contribution in [-0.2, 0) is 0 Å². The molecule has 0 heterocycles. The van der Waals surface area contributed by atoms with Crippen LogP contribution in [0.3, 0.4) is 0 Å². The maximum atomic E-state index is 12.1. The number of Topliss-reactive ketones (excluding diaryl/α,β-unsaturated/α-hetero) is 1. The van der Waals surface area contributed by atoms with E-state index in [4.69, 9.17) is 0 Å². The Balaban J connectivity index is 2.47. The van der Waals surface area contributed by atoms with Crippen molar-refractivity contribution in [2.24, 2.45) is 0 Å². The number of rotatable bonds is 8. The summed E-state index contributed by atoms with van der Waals surface area (Å²) in [7, 11) is 0. The molecule has 0 amide bonds. The molecule has 0 aliphatic heterocycles. The van der Waals surface area contributed by atoms with Gasteiger partial charge < -0.3 is 4.90 Å². The van der Waals surface area contributed by atoms with E-state index >= 15 is 0 Å². The molecule has 0 unspecified atom stereocenters. The lowest BCUT2D eigenvalue weighted by Gasteiger charge is -2.19. The summed E-state index contributed by atoms with van der Waals surface area (Å²) in [5.41, 5.74) is 1.96. The van der Waals surface area contributed by atoms with E-state index in [1.807, 2.05) is 31.2 Å². The molecule has 1 rings (SSSR count). The van der Waals surface area contributed by atoms with Gasteiger partial charge in [0, 0.05) is 18.5 Å². The smallest absolute Gasteiger partial charge is 0.164 e. The van der Waals surface area contributed by atoms with E-state index in [1.165, 1.54) is 12.8 Å². The molecule has 0 saturated carbocycles. The zero-order valence-corrected chi connectivity index (χ0v) is 11.9. The average molecular weight is 247 g/mol. The second kappa shape index (κ2) is 8.04. The number of hydrogen-bond acceptors (Lipinski definition) is 2. The zero-order valence-electron chi connectivity index (χ0n) is 11.9. The van der Waals surface area contributed by atoms with Gasteiger partial charge in [0.25, 0.3) is 0 Å². The van der Waals surface area contributed by atoms with E-state index < -0.39 is 0 Å². The molecule has 0 radical (unpaired) electrons. The maximum Gasteiger partial charge on any atom is 0.164 e. The van der Waals surface area contributed by atoms with E-state index in [9.17, 15) is 4.79 Å². The van der Waals surface area contributed by atoms with Gasteiger partial charge in [0.2, 0.25) is 0 Å². The number of carbonyl (C=O) groups is 1. The predicted molar refractivity (Wildman–Crippen MR) is 77.1 cm³/mol. The highest BCUT2D eigenvalue weighted by molar-refractivity contribution is 5.97.